The Hall–Kier alpha value is -0.940. The van der Waals surface area contributed by atoms with Crippen LogP contribution in [0.1, 0.15) is 42.5 Å². The Balaban J connectivity index is 1.99. The van der Waals surface area contributed by atoms with E-state index < -0.39 is 0 Å². The second kappa shape index (κ2) is 5.45. The number of aromatic nitrogens is 2. The second-order valence-corrected chi connectivity index (χ2v) is 7.42. The number of nitrogens with one attached hydrogen (secondary N) is 1. The molecule has 3 rings (SSSR count). The van der Waals surface area contributed by atoms with Gasteiger partial charge in [0.1, 0.15) is 4.83 Å². The molecule has 0 bridgehead atoms. The van der Waals surface area contributed by atoms with Gasteiger partial charge in [0.25, 0.3) is 5.56 Å². The van der Waals surface area contributed by atoms with Gasteiger partial charge in [-0.15, -0.1) is 11.3 Å². The second-order valence-electron chi connectivity index (χ2n) is 5.81. The molecule has 0 radical (unpaired) electrons. The fourth-order valence-corrected chi connectivity index (χ4v) is 4.57. The van der Waals surface area contributed by atoms with Crippen molar-refractivity contribution in [2.45, 2.75) is 52.5 Å². The van der Waals surface area contributed by atoms with Gasteiger partial charge in [-0.05, 0) is 44.0 Å². The number of H-pyrrole nitrogens is 1. The van der Waals surface area contributed by atoms with Crippen molar-refractivity contribution >= 4 is 33.8 Å². The van der Waals surface area contributed by atoms with Gasteiger partial charge >= 0.3 is 0 Å². The summed E-state index contributed by atoms with van der Waals surface area (Å²) in [6, 6.07) is 0. The molecule has 0 aliphatic heterocycles. The zero-order chi connectivity index (χ0) is 14.3. The van der Waals surface area contributed by atoms with Gasteiger partial charge in [-0.25, -0.2) is 0 Å². The first-order chi connectivity index (χ1) is 9.58. The van der Waals surface area contributed by atoms with Crippen molar-refractivity contribution in [3.63, 3.8) is 0 Å². The molecule has 0 unspecified atom stereocenters. The molecule has 108 valence electrons. The molecule has 1 N–H and O–H groups in total. The van der Waals surface area contributed by atoms with E-state index in [2.05, 4.69) is 11.9 Å². The Morgan fingerprint density at radius 2 is 2.05 bits per heavy atom. The smallest absolute Gasteiger partial charge is 0.263 e. The monoisotopic (exact) mass is 308 g/mol. The van der Waals surface area contributed by atoms with Crippen molar-refractivity contribution in [1.29, 1.82) is 0 Å². The molecule has 0 atom stereocenters. The molecule has 1 saturated carbocycles. The van der Waals surface area contributed by atoms with Crippen LogP contribution in [0.5, 0.6) is 0 Å². The lowest BCUT2D eigenvalue weighted by molar-refractivity contribution is 0.450. The molecule has 0 spiro atoms. The number of hydrogen-bond acceptors (Lipinski definition) is 3. The highest BCUT2D eigenvalue weighted by molar-refractivity contribution is 7.71. The molecule has 2 heterocycles. The van der Waals surface area contributed by atoms with Crippen molar-refractivity contribution < 1.29 is 0 Å². The Labute approximate surface area is 127 Å². The van der Waals surface area contributed by atoms with Crippen LogP contribution in [-0.4, -0.2) is 9.55 Å². The van der Waals surface area contributed by atoms with Crippen LogP contribution >= 0.6 is 23.6 Å². The van der Waals surface area contributed by atoms with E-state index in [4.69, 9.17) is 12.2 Å². The summed E-state index contributed by atoms with van der Waals surface area (Å²) in [5.41, 5.74) is 1.18. The molecule has 3 nitrogen and oxygen atoms in total. The van der Waals surface area contributed by atoms with Gasteiger partial charge in [-0.3, -0.25) is 9.36 Å². The minimum Gasteiger partial charge on any atom is -0.323 e. The third-order valence-corrected chi connectivity index (χ3v) is 5.99. The van der Waals surface area contributed by atoms with Gasteiger partial charge in [-0.1, -0.05) is 25.7 Å². The maximum atomic E-state index is 12.7. The molecule has 1 fully saturated rings. The van der Waals surface area contributed by atoms with Crippen LogP contribution in [0, 0.1) is 24.5 Å². The summed E-state index contributed by atoms with van der Waals surface area (Å²) >= 11 is 7.00. The zero-order valence-electron chi connectivity index (χ0n) is 12.0. The van der Waals surface area contributed by atoms with Crippen molar-refractivity contribution in [1.82, 2.24) is 9.55 Å². The number of fused-ring (bicyclic) bond motifs is 1. The molecule has 2 aromatic heterocycles. The standard InChI is InChI=1S/C15H20N2OS2/c1-9-10(2)20-13-12(9)14(18)17(15(19)16-13)8-7-11-5-3-4-6-11/h11H,3-8H2,1-2H3,(H,16,19). The van der Waals surface area contributed by atoms with Crippen LogP contribution in [0.25, 0.3) is 10.2 Å². The summed E-state index contributed by atoms with van der Waals surface area (Å²) in [6.07, 6.45) is 6.38. The van der Waals surface area contributed by atoms with Crippen LogP contribution in [0.3, 0.4) is 0 Å². The number of aromatic amines is 1. The molecular formula is C15H20N2OS2. The quantitative estimate of drug-likeness (QED) is 0.858. The lowest BCUT2D eigenvalue weighted by Crippen LogP contribution is -2.23. The van der Waals surface area contributed by atoms with E-state index in [1.54, 1.807) is 15.9 Å². The lowest BCUT2D eigenvalue weighted by atomic mass is 10.0. The lowest BCUT2D eigenvalue weighted by Gasteiger charge is -2.11. The molecule has 0 aromatic carbocycles. The SMILES string of the molecule is Cc1sc2[nH]c(=S)n(CCC3CCCC3)c(=O)c2c1C. The van der Waals surface area contributed by atoms with Crippen LogP contribution in [0.4, 0.5) is 0 Å². The van der Waals surface area contributed by atoms with E-state index >= 15 is 0 Å². The predicted molar refractivity (Wildman–Crippen MR) is 87.3 cm³/mol. The van der Waals surface area contributed by atoms with Crippen LogP contribution < -0.4 is 5.56 Å². The van der Waals surface area contributed by atoms with Gasteiger partial charge in [-0.2, -0.15) is 0 Å². The van der Waals surface area contributed by atoms with Gasteiger partial charge in [0.05, 0.1) is 5.39 Å². The van der Waals surface area contributed by atoms with Crippen LogP contribution in [0.15, 0.2) is 4.79 Å². The summed E-state index contributed by atoms with van der Waals surface area (Å²) in [6.45, 7) is 4.83. The van der Waals surface area contributed by atoms with Crippen molar-refractivity contribution in [3.05, 3.63) is 25.6 Å². The summed E-state index contributed by atoms with van der Waals surface area (Å²) in [7, 11) is 0. The summed E-state index contributed by atoms with van der Waals surface area (Å²) in [5.74, 6) is 0.775. The highest BCUT2D eigenvalue weighted by atomic mass is 32.1. The normalized spacial score (nSPS) is 16.3. The van der Waals surface area contributed by atoms with E-state index in [1.807, 2.05) is 6.92 Å². The zero-order valence-corrected chi connectivity index (χ0v) is 13.6. The third-order valence-electron chi connectivity index (χ3n) is 4.55. The highest BCUT2D eigenvalue weighted by Crippen LogP contribution is 2.28. The number of nitrogens with zero attached hydrogens (tertiary/aromatic N) is 1. The molecule has 1 aliphatic rings. The molecule has 1 aliphatic carbocycles. The Kier molecular flexibility index (Phi) is 3.82. The van der Waals surface area contributed by atoms with E-state index in [0.717, 1.165) is 34.7 Å². The summed E-state index contributed by atoms with van der Waals surface area (Å²) < 4.78 is 2.33. The maximum absolute atomic E-state index is 12.7. The van der Waals surface area contributed by atoms with E-state index in [0.29, 0.717) is 4.77 Å². The molecule has 2 aromatic rings. The minimum absolute atomic E-state index is 0.0867. The first kappa shape index (κ1) is 14.0. The molecule has 20 heavy (non-hydrogen) atoms. The first-order valence-electron chi connectivity index (χ1n) is 7.30. The fourth-order valence-electron chi connectivity index (χ4n) is 3.18. The van der Waals surface area contributed by atoms with Crippen molar-refractivity contribution in [3.8, 4) is 0 Å². The molecule has 0 amide bonds. The van der Waals surface area contributed by atoms with Gasteiger partial charge < -0.3 is 4.98 Å². The topological polar surface area (TPSA) is 37.8 Å². The average molecular weight is 308 g/mol. The van der Waals surface area contributed by atoms with Crippen LogP contribution in [-0.2, 0) is 6.54 Å². The maximum Gasteiger partial charge on any atom is 0.263 e. The Morgan fingerprint density at radius 1 is 1.35 bits per heavy atom. The van der Waals surface area contributed by atoms with Gasteiger partial charge in [0.15, 0.2) is 4.77 Å². The van der Waals surface area contributed by atoms with Crippen molar-refractivity contribution in [2.75, 3.05) is 0 Å². The average Bonchev–Trinajstić information content (AvgIpc) is 2.99. The number of hydrogen-bond donors (Lipinski definition) is 1. The molecule has 5 heteroatoms. The van der Waals surface area contributed by atoms with E-state index in [-0.39, 0.29) is 5.56 Å². The predicted octanol–water partition coefficient (Wildman–Crippen LogP) is 4.32. The Bertz CT molecular complexity index is 748. The molecule has 0 saturated heterocycles. The summed E-state index contributed by atoms with van der Waals surface area (Å²) in [4.78, 5) is 18.0. The first-order valence-corrected chi connectivity index (χ1v) is 8.53. The largest absolute Gasteiger partial charge is 0.323 e. The van der Waals surface area contributed by atoms with Crippen LogP contribution in [0.2, 0.25) is 0 Å². The van der Waals surface area contributed by atoms with Crippen molar-refractivity contribution in [2.24, 2.45) is 5.92 Å². The minimum atomic E-state index is 0.0867. The third kappa shape index (κ3) is 2.37. The Morgan fingerprint density at radius 3 is 2.75 bits per heavy atom. The number of rotatable bonds is 3. The number of thiophene rings is 1. The van der Waals surface area contributed by atoms with E-state index in [1.165, 1.54) is 30.6 Å². The van der Waals surface area contributed by atoms with Gasteiger partial charge in [0, 0.05) is 11.4 Å². The highest BCUT2D eigenvalue weighted by Gasteiger charge is 2.17. The fraction of sp³-hybridized carbons (Fsp3) is 0.600. The summed E-state index contributed by atoms with van der Waals surface area (Å²) in [5, 5.41) is 0.826. The van der Waals surface area contributed by atoms with E-state index in [9.17, 15) is 4.79 Å². The molecular weight excluding hydrogens is 288 g/mol. The van der Waals surface area contributed by atoms with Gasteiger partial charge in [0.2, 0.25) is 0 Å². The number of aryl methyl sites for hydroxylation is 2.